The van der Waals surface area contributed by atoms with Crippen molar-refractivity contribution < 1.29 is 66.1 Å². The first kappa shape index (κ1) is 52.2. The molecule has 0 rings (SSSR count). The van der Waals surface area contributed by atoms with Gasteiger partial charge in [-0.25, -0.2) is 0 Å². The predicted octanol–water partition coefficient (Wildman–Crippen LogP) is 4.95. The minimum absolute atomic E-state index is 0.00481. The van der Waals surface area contributed by atoms with Gasteiger partial charge in [0.2, 0.25) is 0 Å². The summed E-state index contributed by atoms with van der Waals surface area (Å²) in [5, 5.41) is 0.213. The number of esters is 1. The Morgan fingerprint density at radius 2 is 0.717 bits per heavy atom. The molecule has 0 saturated heterocycles. The van der Waals surface area contributed by atoms with E-state index in [1.54, 1.807) is 0 Å². The molecule has 0 aliphatic carbocycles. The molecule has 0 fully saturated rings. The average molecular weight is 787 g/mol. The number of hydrogen-bond donors (Lipinski definition) is 0. The minimum atomic E-state index is -1.70. The Morgan fingerprint density at radius 3 is 0.962 bits per heavy atom. The van der Waals surface area contributed by atoms with Crippen molar-refractivity contribution in [3.63, 3.8) is 0 Å². The first-order chi connectivity index (χ1) is 25.7. The second-order valence-electron chi connectivity index (χ2n) is 13.8. The molecule has 0 aromatic heterocycles. The van der Waals surface area contributed by atoms with Crippen molar-refractivity contribution in [1.82, 2.24) is 0 Å². The van der Waals surface area contributed by atoms with Gasteiger partial charge in [-0.15, -0.1) is 0 Å². The Bertz CT molecular complexity index is 772. The van der Waals surface area contributed by atoms with Gasteiger partial charge in [0.15, 0.2) is 8.32 Å². The molecule has 1 unspecified atom stereocenters. The fourth-order valence-electron chi connectivity index (χ4n) is 4.13. The van der Waals surface area contributed by atoms with E-state index in [9.17, 15) is 4.79 Å². The van der Waals surface area contributed by atoms with Crippen molar-refractivity contribution in [3.05, 3.63) is 0 Å². The third kappa shape index (κ3) is 35.4. The van der Waals surface area contributed by atoms with E-state index < -0.39 is 8.32 Å². The van der Waals surface area contributed by atoms with Crippen molar-refractivity contribution in [2.45, 2.75) is 78.4 Å². The minimum Gasteiger partial charge on any atom is -0.463 e. The highest BCUT2D eigenvalue weighted by Crippen LogP contribution is 2.36. The van der Waals surface area contributed by atoms with E-state index in [0.29, 0.717) is 152 Å². The van der Waals surface area contributed by atoms with Gasteiger partial charge in [0.05, 0.1) is 158 Å². The summed E-state index contributed by atoms with van der Waals surface area (Å²) in [6.07, 6.45) is 3.83. The van der Waals surface area contributed by atoms with Gasteiger partial charge >= 0.3 is 5.97 Å². The quantitative estimate of drug-likeness (QED) is 0.0469. The lowest BCUT2D eigenvalue weighted by atomic mass is 10.00. The summed E-state index contributed by atoms with van der Waals surface area (Å²) in [5.74, 6) is -0.125. The Balaban J connectivity index is 3.19. The summed E-state index contributed by atoms with van der Waals surface area (Å²) < 4.78 is 71.9. The average Bonchev–Trinajstić information content (AvgIpc) is 3.12. The molecule has 318 valence electrons. The standard InChI is InChI=1S/C38H78O14Si/c1-8-10-11-36(9-2)37(39)51-34-32-49-30-28-47-26-24-45-22-20-43-18-16-41-14-12-40-13-15-42-17-19-44-21-23-46-25-27-48-29-31-50-33-35-52-53(6,7)38(3,4)5/h36H,8-35H2,1-7H3. The SMILES string of the molecule is CCCCC(CC)C(=O)OCCOCCOCCOCCOCCOCCOCCOCCOCCOCCOCCOCCO[Si](C)(C)C(C)(C)C. The molecule has 14 nitrogen and oxygen atoms in total. The first-order valence-electron chi connectivity index (χ1n) is 19.8. The van der Waals surface area contributed by atoms with Crippen molar-refractivity contribution in [2.75, 3.05) is 159 Å². The molecule has 0 aliphatic heterocycles. The molecule has 0 amide bonds. The van der Waals surface area contributed by atoms with E-state index >= 15 is 0 Å². The topological polar surface area (TPSA) is 137 Å². The number of hydrogen-bond acceptors (Lipinski definition) is 14. The molecule has 0 heterocycles. The molecular weight excluding hydrogens is 708 g/mol. The van der Waals surface area contributed by atoms with Gasteiger partial charge in [-0.3, -0.25) is 4.79 Å². The maximum atomic E-state index is 12.0. The maximum Gasteiger partial charge on any atom is 0.308 e. The fraction of sp³-hybridized carbons (Fsp3) is 0.974. The molecule has 0 aromatic carbocycles. The lowest BCUT2D eigenvalue weighted by Crippen LogP contribution is -2.41. The van der Waals surface area contributed by atoms with Crippen LogP contribution >= 0.6 is 0 Å². The zero-order valence-corrected chi connectivity index (χ0v) is 35.6. The second-order valence-corrected chi connectivity index (χ2v) is 18.6. The molecule has 0 aliphatic rings. The van der Waals surface area contributed by atoms with Gasteiger partial charge < -0.3 is 61.3 Å². The van der Waals surface area contributed by atoms with Gasteiger partial charge in [0.25, 0.3) is 0 Å². The summed E-state index contributed by atoms with van der Waals surface area (Å²) in [6, 6.07) is 0. The number of carbonyl (C=O) groups is 1. The number of unbranched alkanes of at least 4 members (excludes halogenated alkanes) is 1. The second kappa shape index (κ2) is 38.1. The maximum absolute atomic E-state index is 12.0. The molecule has 0 bridgehead atoms. The highest BCUT2D eigenvalue weighted by Gasteiger charge is 2.36. The Labute approximate surface area is 322 Å². The van der Waals surface area contributed by atoms with Gasteiger partial charge in [0, 0.05) is 0 Å². The van der Waals surface area contributed by atoms with Crippen LogP contribution < -0.4 is 0 Å². The van der Waals surface area contributed by atoms with E-state index in [0.717, 1.165) is 25.7 Å². The number of rotatable bonds is 42. The van der Waals surface area contributed by atoms with Crippen LogP contribution in [0.25, 0.3) is 0 Å². The van der Waals surface area contributed by atoms with Crippen LogP contribution in [0.1, 0.15) is 60.3 Å². The number of ether oxygens (including phenoxy) is 12. The summed E-state index contributed by atoms with van der Waals surface area (Å²) in [6.45, 7) is 27.3. The summed E-state index contributed by atoms with van der Waals surface area (Å²) in [4.78, 5) is 12.0. The lowest BCUT2D eigenvalue weighted by Gasteiger charge is -2.36. The molecule has 15 heteroatoms. The van der Waals surface area contributed by atoms with E-state index in [4.69, 9.17) is 61.3 Å². The smallest absolute Gasteiger partial charge is 0.308 e. The van der Waals surface area contributed by atoms with Gasteiger partial charge in [-0.2, -0.15) is 0 Å². The monoisotopic (exact) mass is 787 g/mol. The molecule has 1 atom stereocenters. The van der Waals surface area contributed by atoms with Crippen LogP contribution in [-0.4, -0.2) is 173 Å². The first-order valence-corrected chi connectivity index (χ1v) is 22.7. The van der Waals surface area contributed by atoms with Gasteiger partial charge in [-0.05, 0) is 31.0 Å². The molecule has 0 aromatic rings. The van der Waals surface area contributed by atoms with Gasteiger partial charge in [0.1, 0.15) is 6.61 Å². The molecule has 53 heavy (non-hydrogen) atoms. The van der Waals surface area contributed by atoms with Crippen molar-refractivity contribution in [3.8, 4) is 0 Å². The Hall–Kier alpha value is -0.793. The Kier molecular flexibility index (Phi) is 37.5. The molecule has 0 saturated carbocycles. The molecular formula is C38H78O14Si. The predicted molar refractivity (Wildman–Crippen MR) is 206 cm³/mol. The highest BCUT2D eigenvalue weighted by molar-refractivity contribution is 6.74. The molecule has 0 radical (unpaired) electrons. The van der Waals surface area contributed by atoms with E-state index in [1.807, 2.05) is 6.92 Å². The molecule has 0 N–H and O–H groups in total. The third-order valence-corrected chi connectivity index (χ3v) is 13.0. The molecule has 0 spiro atoms. The Morgan fingerprint density at radius 1 is 0.453 bits per heavy atom. The normalized spacial score (nSPS) is 12.8. The fourth-order valence-corrected chi connectivity index (χ4v) is 5.16. The van der Waals surface area contributed by atoms with Crippen molar-refractivity contribution in [2.24, 2.45) is 5.92 Å². The van der Waals surface area contributed by atoms with E-state index in [-0.39, 0.29) is 23.5 Å². The van der Waals surface area contributed by atoms with Crippen LogP contribution in [0, 0.1) is 5.92 Å². The van der Waals surface area contributed by atoms with Crippen LogP contribution in [0.5, 0.6) is 0 Å². The van der Waals surface area contributed by atoms with Crippen LogP contribution in [-0.2, 0) is 66.1 Å². The van der Waals surface area contributed by atoms with Crippen LogP contribution in [0.2, 0.25) is 18.1 Å². The van der Waals surface area contributed by atoms with Crippen LogP contribution in [0.3, 0.4) is 0 Å². The van der Waals surface area contributed by atoms with Gasteiger partial charge in [-0.1, -0.05) is 47.5 Å². The van der Waals surface area contributed by atoms with Crippen LogP contribution in [0.4, 0.5) is 0 Å². The lowest BCUT2D eigenvalue weighted by molar-refractivity contribution is -0.150. The summed E-state index contributed by atoms with van der Waals surface area (Å²) in [5.41, 5.74) is 0. The third-order valence-electron chi connectivity index (χ3n) is 8.42. The summed E-state index contributed by atoms with van der Waals surface area (Å²) >= 11 is 0. The number of carbonyl (C=O) groups excluding carboxylic acids is 1. The highest BCUT2D eigenvalue weighted by atomic mass is 28.4. The van der Waals surface area contributed by atoms with Crippen molar-refractivity contribution >= 4 is 14.3 Å². The van der Waals surface area contributed by atoms with E-state index in [2.05, 4.69) is 40.8 Å². The summed E-state index contributed by atoms with van der Waals surface area (Å²) in [7, 11) is -1.70. The van der Waals surface area contributed by atoms with E-state index in [1.165, 1.54) is 0 Å². The zero-order chi connectivity index (χ0) is 39.1. The zero-order valence-electron chi connectivity index (χ0n) is 34.6. The van der Waals surface area contributed by atoms with Crippen molar-refractivity contribution in [1.29, 1.82) is 0 Å². The largest absolute Gasteiger partial charge is 0.463 e. The van der Waals surface area contributed by atoms with Crippen LogP contribution in [0.15, 0.2) is 0 Å².